The van der Waals surface area contributed by atoms with Crippen LogP contribution in [0.4, 0.5) is 5.69 Å². The molecule has 1 aliphatic carbocycles. The van der Waals surface area contributed by atoms with Gasteiger partial charge in [-0.15, -0.1) is 11.3 Å². The van der Waals surface area contributed by atoms with Crippen LogP contribution in [0.25, 0.3) is 10.1 Å². The maximum Gasteiger partial charge on any atom is 0.305 e. The van der Waals surface area contributed by atoms with Crippen molar-refractivity contribution >= 4 is 39.0 Å². The molecular weight excluding hydrogens is 422 g/mol. The molecule has 1 aliphatic rings. The Morgan fingerprint density at radius 2 is 1.94 bits per heavy atom. The number of aryl methyl sites for hydroxylation is 1. The van der Waals surface area contributed by atoms with Crippen LogP contribution >= 0.6 is 11.3 Å². The minimum atomic E-state index is -0.942. The third kappa shape index (κ3) is 5.10. The molecule has 168 valence electrons. The van der Waals surface area contributed by atoms with Gasteiger partial charge in [-0.3, -0.25) is 9.59 Å². The second kappa shape index (κ2) is 10.1. The highest BCUT2D eigenvalue weighted by Gasteiger charge is 2.28. The monoisotopic (exact) mass is 451 g/mol. The maximum absolute atomic E-state index is 12.2. The minimum absolute atomic E-state index is 0.0881. The number of carboxylic acids is 1. The molecule has 1 atom stereocenters. The molecule has 1 aromatic carbocycles. The molecule has 4 rings (SSSR count). The molecule has 1 amide bonds. The van der Waals surface area contributed by atoms with Crippen LogP contribution in [0.5, 0.6) is 0 Å². The lowest BCUT2D eigenvalue weighted by Gasteiger charge is -2.31. The maximum atomic E-state index is 12.2. The molecule has 0 radical (unpaired) electrons. The average Bonchev–Trinajstić information content (AvgIpc) is 3.14. The average molecular weight is 452 g/mol. The quantitative estimate of drug-likeness (QED) is 0.418. The first-order valence-electron chi connectivity index (χ1n) is 11.2. The highest BCUT2D eigenvalue weighted by Crippen LogP contribution is 2.43. The first-order chi connectivity index (χ1) is 15.5. The highest BCUT2D eigenvalue weighted by atomic mass is 32.1. The lowest BCUT2D eigenvalue weighted by atomic mass is 9.82. The molecule has 3 N–H and O–H groups in total. The van der Waals surface area contributed by atoms with Gasteiger partial charge in [0.1, 0.15) is 5.69 Å². The number of fused-ring (bicyclic) bond motifs is 1. The van der Waals surface area contributed by atoms with Crippen molar-refractivity contribution in [3.8, 4) is 0 Å². The van der Waals surface area contributed by atoms with Gasteiger partial charge in [-0.05, 0) is 54.8 Å². The number of pyridine rings is 1. The van der Waals surface area contributed by atoms with E-state index in [1.807, 2.05) is 17.4 Å². The predicted octanol–water partition coefficient (Wildman–Crippen LogP) is 5.54. The normalized spacial score (nSPS) is 15.4. The number of amides is 1. The summed E-state index contributed by atoms with van der Waals surface area (Å²) in [5.41, 5.74) is 2.52. The first-order valence-corrected chi connectivity index (χ1v) is 12.0. The van der Waals surface area contributed by atoms with Crippen LogP contribution in [0.1, 0.15) is 65.5 Å². The largest absolute Gasteiger partial charge is 0.481 e. The van der Waals surface area contributed by atoms with E-state index in [1.165, 1.54) is 52.6 Å². The summed E-state index contributed by atoms with van der Waals surface area (Å²) in [5, 5.41) is 16.3. The summed E-state index contributed by atoms with van der Waals surface area (Å²) in [6.07, 6.45) is 7.85. The van der Waals surface area contributed by atoms with E-state index in [-0.39, 0.29) is 30.6 Å². The zero-order valence-corrected chi connectivity index (χ0v) is 19.1. The van der Waals surface area contributed by atoms with Crippen molar-refractivity contribution in [1.82, 2.24) is 10.3 Å². The number of nitrogens with zero attached hydrogens (tertiary/aromatic N) is 1. The van der Waals surface area contributed by atoms with Crippen LogP contribution in [-0.2, 0) is 4.79 Å². The van der Waals surface area contributed by atoms with Crippen molar-refractivity contribution in [2.75, 3.05) is 11.9 Å². The number of hydrogen-bond donors (Lipinski definition) is 3. The molecule has 0 saturated heterocycles. The number of carbonyl (C=O) groups is 2. The van der Waals surface area contributed by atoms with E-state index < -0.39 is 5.97 Å². The summed E-state index contributed by atoms with van der Waals surface area (Å²) in [7, 11) is 0. The van der Waals surface area contributed by atoms with Gasteiger partial charge in [0.15, 0.2) is 0 Å². The van der Waals surface area contributed by atoms with E-state index in [4.69, 9.17) is 5.11 Å². The van der Waals surface area contributed by atoms with E-state index in [9.17, 15) is 9.59 Å². The molecule has 7 heteroatoms. The van der Waals surface area contributed by atoms with Crippen molar-refractivity contribution in [2.24, 2.45) is 5.92 Å². The van der Waals surface area contributed by atoms with Gasteiger partial charge in [0.2, 0.25) is 0 Å². The molecule has 6 nitrogen and oxygen atoms in total. The number of nitrogens with one attached hydrogen (secondary N) is 2. The van der Waals surface area contributed by atoms with Gasteiger partial charge in [-0.2, -0.15) is 0 Å². The second-order valence-corrected chi connectivity index (χ2v) is 9.52. The van der Waals surface area contributed by atoms with Crippen molar-refractivity contribution in [2.45, 2.75) is 51.5 Å². The molecule has 2 heterocycles. The molecule has 32 heavy (non-hydrogen) atoms. The number of carbonyl (C=O) groups excluding carboxylic acids is 1. The number of aliphatic carboxylic acids is 1. The van der Waals surface area contributed by atoms with Crippen LogP contribution in [0.3, 0.4) is 0 Å². The molecule has 1 saturated carbocycles. The van der Waals surface area contributed by atoms with Gasteiger partial charge in [-0.1, -0.05) is 37.5 Å². The molecule has 0 spiro atoms. The fraction of sp³-hybridized carbons (Fsp3) is 0.400. The number of thiophene rings is 1. The summed E-state index contributed by atoms with van der Waals surface area (Å²) >= 11 is 1.87. The third-order valence-electron chi connectivity index (χ3n) is 6.23. The summed E-state index contributed by atoms with van der Waals surface area (Å²) in [5.74, 6) is -0.736. The number of rotatable bonds is 8. The van der Waals surface area contributed by atoms with E-state index in [1.54, 1.807) is 12.3 Å². The van der Waals surface area contributed by atoms with Gasteiger partial charge in [0, 0.05) is 16.1 Å². The molecule has 0 bridgehead atoms. The van der Waals surface area contributed by atoms with E-state index >= 15 is 0 Å². The van der Waals surface area contributed by atoms with Crippen molar-refractivity contribution in [3.63, 3.8) is 0 Å². The number of anilines is 1. The van der Waals surface area contributed by atoms with Gasteiger partial charge in [0.05, 0.1) is 24.3 Å². The lowest BCUT2D eigenvalue weighted by Crippen LogP contribution is -2.27. The molecule has 2 aromatic heterocycles. The third-order valence-corrected chi connectivity index (χ3v) is 7.58. The Bertz CT molecular complexity index is 1090. The van der Waals surface area contributed by atoms with Crippen molar-refractivity contribution < 1.29 is 14.7 Å². The van der Waals surface area contributed by atoms with Crippen LogP contribution in [-0.4, -0.2) is 28.5 Å². The van der Waals surface area contributed by atoms with Gasteiger partial charge >= 0.3 is 5.97 Å². The molecule has 3 aromatic rings. The van der Waals surface area contributed by atoms with Crippen LogP contribution in [0.2, 0.25) is 0 Å². The van der Waals surface area contributed by atoms with E-state index in [0.29, 0.717) is 5.92 Å². The zero-order valence-electron chi connectivity index (χ0n) is 18.3. The smallest absolute Gasteiger partial charge is 0.305 e. The first kappa shape index (κ1) is 22.3. The summed E-state index contributed by atoms with van der Waals surface area (Å²) < 4.78 is 1.31. The Hall–Kier alpha value is -2.93. The van der Waals surface area contributed by atoms with Crippen LogP contribution in [0, 0.1) is 12.8 Å². The fourth-order valence-corrected chi connectivity index (χ4v) is 5.88. The Morgan fingerprint density at radius 3 is 2.62 bits per heavy atom. The van der Waals surface area contributed by atoms with Crippen molar-refractivity contribution in [1.29, 1.82) is 0 Å². The molecule has 1 fully saturated rings. The van der Waals surface area contributed by atoms with Gasteiger partial charge in [-0.25, -0.2) is 4.98 Å². The van der Waals surface area contributed by atoms with Crippen LogP contribution < -0.4 is 10.6 Å². The van der Waals surface area contributed by atoms with E-state index in [0.717, 1.165) is 5.69 Å². The standard InChI is InChI=1S/C25H29N3O3S/c1-16-19-9-5-6-10-21(19)32-24(16)23(17-7-3-2-4-8-17)28-18-11-12-20(27-15-18)25(31)26-14-13-22(29)30/h5-6,9-12,15,17,23,28H,2-4,7-8,13-14H2,1H3,(H,26,31)(H,29,30). The number of aromatic nitrogens is 1. The molecule has 0 aliphatic heterocycles. The summed E-state index contributed by atoms with van der Waals surface area (Å²) in [4.78, 5) is 28.5. The second-order valence-electron chi connectivity index (χ2n) is 8.44. The Kier molecular flexibility index (Phi) is 7.05. The predicted molar refractivity (Wildman–Crippen MR) is 128 cm³/mol. The minimum Gasteiger partial charge on any atom is -0.481 e. The Morgan fingerprint density at radius 1 is 1.16 bits per heavy atom. The highest BCUT2D eigenvalue weighted by molar-refractivity contribution is 7.19. The van der Waals surface area contributed by atoms with Crippen molar-refractivity contribution in [3.05, 3.63) is 58.7 Å². The zero-order chi connectivity index (χ0) is 22.5. The number of carboxylic acid groups (broad SMARTS) is 1. The topological polar surface area (TPSA) is 91.3 Å². The van der Waals surface area contributed by atoms with Gasteiger partial charge < -0.3 is 15.7 Å². The molecule has 1 unspecified atom stereocenters. The summed E-state index contributed by atoms with van der Waals surface area (Å²) in [6.45, 7) is 2.30. The SMILES string of the molecule is Cc1c(C(Nc2ccc(C(=O)NCCC(=O)O)nc2)C2CCCCC2)sc2ccccc12. The van der Waals surface area contributed by atoms with Crippen LogP contribution in [0.15, 0.2) is 42.6 Å². The number of benzene rings is 1. The Balaban J connectivity index is 1.54. The lowest BCUT2D eigenvalue weighted by molar-refractivity contribution is -0.136. The summed E-state index contributed by atoms with van der Waals surface area (Å²) in [6, 6.07) is 12.4. The van der Waals surface area contributed by atoms with E-state index in [2.05, 4.69) is 46.8 Å². The Labute approximate surface area is 192 Å². The molecular formula is C25H29N3O3S. The fourth-order valence-electron chi connectivity index (χ4n) is 4.52. The number of hydrogen-bond acceptors (Lipinski definition) is 5. The van der Waals surface area contributed by atoms with Gasteiger partial charge in [0.25, 0.3) is 5.91 Å².